The Kier molecular flexibility index (Phi) is 4.17. The highest BCUT2D eigenvalue weighted by molar-refractivity contribution is 5.77. The first kappa shape index (κ1) is 17.6. The van der Waals surface area contributed by atoms with Crippen molar-refractivity contribution in [3.63, 3.8) is 0 Å². The van der Waals surface area contributed by atoms with E-state index in [0.29, 0.717) is 30.2 Å². The second-order valence-electron chi connectivity index (χ2n) is 7.54. The highest BCUT2D eigenvalue weighted by atomic mass is 16.2. The molecule has 3 aromatic rings. The van der Waals surface area contributed by atoms with Crippen molar-refractivity contribution in [1.82, 2.24) is 18.7 Å². The van der Waals surface area contributed by atoms with E-state index in [1.54, 1.807) is 7.05 Å². The third-order valence-electron chi connectivity index (χ3n) is 5.24. The maximum atomic E-state index is 13.1. The Hall–Kier alpha value is -2.83. The van der Waals surface area contributed by atoms with Crippen LogP contribution in [0.1, 0.15) is 25.8 Å². The fraction of sp³-hybridized carbons (Fsp3) is 0.450. The van der Waals surface area contributed by atoms with E-state index in [1.165, 1.54) is 14.7 Å². The summed E-state index contributed by atoms with van der Waals surface area (Å²) in [6.07, 6.45) is 0.730. The van der Waals surface area contributed by atoms with E-state index in [2.05, 4.69) is 43.0 Å². The van der Waals surface area contributed by atoms with Crippen LogP contribution in [0.25, 0.3) is 11.2 Å². The first-order chi connectivity index (χ1) is 12.9. The summed E-state index contributed by atoms with van der Waals surface area (Å²) in [4.78, 5) is 32.6. The third kappa shape index (κ3) is 2.69. The van der Waals surface area contributed by atoms with Gasteiger partial charge in [-0.3, -0.25) is 13.9 Å². The molecule has 0 radical (unpaired) electrons. The molecule has 1 aliphatic rings. The molecule has 0 N–H and O–H groups in total. The van der Waals surface area contributed by atoms with Crippen LogP contribution in [0.5, 0.6) is 0 Å². The molecule has 1 aliphatic heterocycles. The van der Waals surface area contributed by atoms with Crippen molar-refractivity contribution in [2.75, 3.05) is 11.4 Å². The maximum absolute atomic E-state index is 13.1. The Labute approximate surface area is 157 Å². The minimum atomic E-state index is -0.306. The number of aromatic nitrogens is 4. The van der Waals surface area contributed by atoms with Gasteiger partial charge in [0.25, 0.3) is 5.56 Å². The molecule has 2 aromatic heterocycles. The predicted molar refractivity (Wildman–Crippen MR) is 107 cm³/mol. The van der Waals surface area contributed by atoms with Gasteiger partial charge in [-0.25, -0.2) is 4.79 Å². The molecular weight excluding hydrogens is 342 g/mol. The van der Waals surface area contributed by atoms with Gasteiger partial charge in [-0.1, -0.05) is 31.5 Å². The number of imidazole rings is 1. The van der Waals surface area contributed by atoms with Crippen LogP contribution in [0.3, 0.4) is 0 Å². The standard InChI is InChI=1S/C20H25N5O2/c1-5-10-23-18(26)16-17(22(4)20(23)27)21-19-24(11-14(3)12-25(16)19)15-8-6-13(2)7-9-15/h6-9,14H,5,10-12H2,1-4H3. The Bertz CT molecular complexity index is 1120. The Balaban J connectivity index is 2.00. The molecule has 7 heteroatoms. The Morgan fingerprint density at radius 3 is 2.52 bits per heavy atom. The van der Waals surface area contributed by atoms with Gasteiger partial charge in [0.1, 0.15) is 0 Å². The highest BCUT2D eigenvalue weighted by Crippen LogP contribution is 2.32. The van der Waals surface area contributed by atoms with Crippen molar-refractivity contribution < 1.29 is 0 Å². The van der Waals surface area contributed by atoms with Crippen LogP contribution in [0.4, 0.5) is 11.6 Å². The quantitative estimate of drug-likeness (QED) is 0.713. The molecule has 4 rings (SSSR count). The van der Waals surface area contributed by atoms with E-state index < -0.39 is 0 Å². The van der Waals surface area contributed by atoms with E-state index >= 15 is 0 Å². The summed E-state index contributed by atoms with van der Waals surface area (Å²) in [6.45, 7) is 8.14. The van der Waals surface area contributed by atoms with E-state index in [0.717, 1.165) is 24.6 Å². The van der Waals surface area contributed by atoms with E-state index in [9.17, 15) is 9.59 Å². The summed E-state index contributed by atoms with van der Waals surface area (Å²) >= 11 is 0. The van der Waals surface area contributed by atoms with Crippen LogP contribution in [0.2, 0.25) is 0 Å². The first-order valence-corrected chi connectivity index (χ1v) is 9.46. The van der Waals surface area contributed by atoms with Crippen LogP contribution in [-0.4, -0.2) is 25.2 Å². The molecule has 142 valence electrons. The van der Waals surface area contributed by atoms with Gasteiger partial charge in [0.15, 0.2) is 11.2 Å². The van der Waals surface area contributed by atoms with Crippen molar-refractivity contribution in [1.29, 1.82) is 0 Å². The molecule has 0 amide bonds. The number of fused-ring (bicyclic) bond motifs is 3. The zero-order chi connectivity index (χ0) is 19.3. The lowest BCUT2D eigenvalue weighted by atomic mass is 10.1. The molecular formula is C20H25N5O2. The molecule has 7 nitrogen and oxygen atoms in total. The second-order valence-corrected chi connectivity index (χ2v) is 7.54. The van der Waals surface area contributed by atoms with Crippen LogP contribution >= 0.6 is 0 Å². The minimum Gasteiger partial charge on any atom is -0.312 e. The van der Waals surface area contributed by atoms with Gasteiger partial charge >= 0.3 is 5.69 Å². The molecule has 0 fully saturated rings. The Morgan fingerprint density at radius 2 is 1.85 bits per heavy atom. The van der Waals surface area contributed by atoms with E-state index in [4.69, 9.17) is 4.98 Å². The van der Waals surface area contributed by atoms with Gasteiger partial charge in [-0.15, -0.1) is 0 Å². The number of aryl methyl sites for hydroxylation is 2. The number of benzene rings is 1. The first-order valence-electron chi connectivity index (χ1n) is 9.46. The maximum Gasteiger partial charge on any atom is 0.332 e. The largest absolute Gasteiger partial charge is 0.332 e. The number of hydrogen-bond acceptors (Lipinski definition) is 4. The van der Waals surface area contributed by atoms with Crippen LogP contribution in [0.15, 0.2) is 33.9 Å². The van der Waals surface area contributed by atoms with Gasteiger partial charge in [0.05, 0.1) is 0 Å². The minimum absolute atomic E-state index is 0.244. The monoisotopic (exact) mass is 367 g/mol. The second kappa shape index (κ2) is 6.40. The summed E-state index contributed by atoms with van der Waals surface area (Å²) in [5.74, 6) is 1.08. The van der Waals surface area contributed by atoms with Gasteiger partial charge in [0.2, 0.25) is 5.95 Å². The molecule has 3 heterocycles. The van der Waals surface area contributed by atoms with E-state index in [1.807, 2.05) is 11.5 Å². The zero-order valence-corrected chi connectivity index (χ0v) is 16.3. The molecule has 0 spiro atoms. The summed E-state index contributed by atoms with van der Waals surface area (Å²) in [5.41, 5.74) is 2.67. The summed E-state index contributed by atoms with van der Waals surface area (Å²) < 4.78 is 4.81. The average Bonchev–Trinajstić information content (AvgIpc) is 3.03. The number of hydrogen-bond donors (Lipinski definition) is 0. The topological polar surface area (TPSA) is 65.1 Å². The number of nitrogens with zero attached hydrogens (tertiary/aromatic N) is 5. The van der Waals surface area contributed by atoms with Gasteiger partial charge in [0, 0.05) is 32.4 Å². The molecule has 1 unspecified atom stereocenters. The Morgan fingerprint density at radius 1 is 1.15 bits per heavy atom. The molecule has 1 atom stereocenters. The normalized spacial score (nSPS) is 16.7. The number of rotatable bonds is 3. The summed E-state index contributed by atoms with van der Waals surface area (Å²) in [5, 5.41) is 0. The highest BCUT2D eigenvalue weighted by Gasteiger charge is 2.29. The third-order valence-corrected chi connectivity index (χ3v) is 5.24. The van der Waals surface area contributed by atoms with Gasteiger partial charge in [-0.05, 0) is 31.4 Å². The average molecular weight is 367 g/mol. The van der Waals surface area contributed by atoms with Crippen molar-refractivity contribution in [2.45, 2.75) is 40.3 Å². The fourth-order valence-electron chi connectivity index (χ4n) is 3.87. The van der Waals surface area contributed by atoms with Gasteiger partial charge in [-0.2, -0.15) is 4.98 Å². The number of anilines is 2. The van der Waals surface area contributed by atoms with Crippen molar-refractivity contribution in [3.05, 3.63) is 50.7 Å². The van der Waals surface area contributed by atoms with Crippen molar-refractivity contribution in [2.24, 2.45) is 13.0 Å². The lowest BCUT2D eigenvalue weighted by molar-refractivity contribution is 0.457. The van der Waals surface area contributed by atoms with Crippen molar-refractivity contribution in [3.8, 4) is 0 Å². The smallest absolute Gasteiger partial charge is 0.312 e. The van der Waals surface area contributed by atoms with Gasteiger partial charge < -0.3 is 9.47 Å². The molecule has 0 saturated carbocycles. The predicted octanol–water partition coefficient (Wildman–Crippen LogP) is 2.40. The lowest BCUT2D eigenvalue weighted by Gasteiger charge is -2.33. The SMILES string of the molecule is CCCn1c(=O)c2c(nc3n2CC(C)CN3c2ccc(C)cc2)n(C)c1=O. The van der Waals surface area contributed by atoms with Crippen LogP contribution in [-0.2, 0) is 20.1 Å². The molecule has 0 aliphatic carbocycles. The van der Waals surface area contributed by atoms with Crippen LogP contribution < -0.4 is 16.1 Å². The lowest BCUT2D eigenvalue weighted by Crippen LogP contribution is -2.40. The molecule has 0 bridgehead atoms. The van der Waals surface area contributed by atoms with Crippen LogP contribution in [0, 0.1) is 12.8 Å². The zero-order valence-electron chi connectivity index (χ0n) is 16.3. The molecule has 27 heavy (non-hydrogen) atoms. The summed E-state index contributed by atoms with van der Waals surface area (Å²) in [6, 6.07) is 8.30. The van der Waals surface area contributed by atoms with E-state index in [-0.39, 0.29) is 11.2 Å². The molecule has 1 aromatic carbocycles. The summed E-state index contributed by atoms with van der Waals surface area (Å²) in [7, 11) is 1.69. The molecule has 0 saturated heterocycles. The fourth-order valence-corrected chi connectivity index (χ4v) is 3.87. The van der Waals surface area contributed by atoms with Crippen molar-refractivity contribution >= 4 is 22.8 Å².